The van der Waals surface area contributed by atoms with Crippen molar-refractivity contribution in [1.82, 2.24) is 9.88 Å². The van der Waals surface area contributed by atoms with Gasteiger partial charge in [0.05, 0.1) is 30.5 Å². The highest BCUT2D eigenvalue weighted by Crippen LogP contribution is 2.35. The van der Waals surface area contributed by atoms with Crippen LogP contribution in [0.25, 0.3) is 10.8 Å². The number of carbonyl (C=O) groups excluding carboxylic acids is 1. The molecule has 5 rings (SSSR count). The number of benzene rings is 3. The van der Waals surface area contributed by atoms with E-state index in [1.54, 1.807) is 42.6 Å². The molecule has 1 amide bonds. The molecule has 10 nitrogen and oxygen atoms in total. The van der Waals surface area contributed by atoms with Gasteiger partial charge in [0.25, 0.3) is 0 Å². The Balaban J connectivity index is 1.29. The minimum absolute atomic E-state index is 0.477. The number of nitrogens with zero attached hydrogens (tertiary/aromatic N) is 3. The molecule has 0 saturated carbocycles. The monoisotopic (exact) mass is 581 g/mol. The van der Waals surface area contributed by atoms with E-state index in [4.69, 9.17) is 18.9 Å². The molecule has 222 valence electrons. The number of rotatable bonds is 9. The lowest BCUT2D eigenvalue weighted by molar-refractivity contribution is 0.0322. The number of hydrogen-bond acceptors (Lipinski definition) is 9. The highest BCUT2D eigenvalue weighted by molar-refractivity contribution is 6.02. The molecular weight excluding hydrogens is 546 g/mol. The maximum Gasteiger partial charge on any atom is 0.412 e. The van der Waals surface area contributed by atoms with Crippen molar-refractivity contribution in [2.24, 2.45) is 0 Å². The zero-order valence-electron chi connectivity index (χ0n) is 24.6. The van der Waals surface area contributed by atoms with Crippen LogP contribution in [0.2, 0.25) is 0 Å². The molecule has 0 spiro atoms. The molecule has 3 aromatic carbocycles. The normalized spacial score (nSPS) is 13.6. The summed E-state index contributed by atoms with van der Waals surface area (Å²) in [6, 6.07) is 22.3. The molecule has 0 radical (unpaired) electrons. The van der Waals surface area contributed by atoms with E-state index in [-0.39, 0.29) is 0 Å². The average molecular weight is 582 g/mol. The van der Waals surface area contributed by atoms with E-state index < -0.39 is 11.7 Å². The van der Waals surface area contributed by atoms with Gasteiger partial charge in [-0.1, -0.05) is 24.3 Å². The topological polar surface area (TPSA) is 118 Å². The van der Waals surface area contributed by atoms with Gasteiger partial charge in [0, 0.05) is 54.4 Å². The number of fused-ring (bicyclic) bond motifs is 1. The average Bonchev–Trinajstić information content (AvgIpc) is 2.98. The van der Waals surface area contributed by atoms with Crippen LogP contribution in [0.3, 0.4) is 0 Å². The molecule has 0 unspecified atom stereocenters. The summed E-state index contributed by atoms with van der Waals surface area (Å²) in [6.07, 6.45) is 1.12. The number of morpholine rings is 1. The fourth-order valence-electron chi connectivity index (χ4n) is 4.64. The van der Waals surface area contributed by atoms with Crippen molar-refractivity contribution >= 4 is 34.1 Å². The Morgan fingerprint density at radius 3 is 2.58 bits per heavy atom. The van der Waals surface area contributed by atoms with Gasteiger partial charge < -0.3 is 24.3 Å². The molecule has 0 atom stereocenters. The first-order valence-corrected chi connectivity index (χ1v) is 14.2. The summed E-state index contributed by atoms with van der Waals surface area (Å²) in [5.41, 5.74) is 1.16. The molecule has 0 bridgehead atoms. The Kier molecular flexibility index (Phi) is 9.25. The molecule has 1 aliphatic heterocycles. The molecule has 10 heteroatoms. The van der Waals surface area contributed by atoms with Crippen LogP contribution < -0.4 is 20.1 Å². The van der Waals surface area contributed by atoms with Gasteiger partial charge in [0.1, 0.15) is 35.3 Å². The van der Waals surface area contributed by atoms with Gasteiger partial charge in [-0.2, -0.15) is 5.26 Å². The lowest BCUT2D eigenvalue weighted by Crippen LogP contribution is -2.38. The van der Waals surface area contributed by atoms with E-state index in [1.807, 2.05) is 51.1 Å². The molecule has 1 aliphatic rings. The first-order chi connectivity index (χ1) is 20.8. The zero-order chi connectivity index (χ0) is 30.2. The number of nitrogens with one attached hydrogen (secondary N) is 2. The van der Waals surface area contributed by atoms with Crippen LogP contribution in [-0.4, -0.2) is 61.0 Å². The van der Waals surface area contributed by atoms with Crippen LogP contribution >= 0.6 is 0 Å². The highest BCUT2D eigenvalue weighted by atomic mass is 16.6. The van der Waals surface area contributed by atoms with Crippen molar-refractivity contribution in [2.45, 2.75) is 26.4 Å². The van der Waals surface area contributed by atoms with E-state index in [0.29, 0.717) is 46.6 Å². The van der Waals surface area contributed by atoms with E-state index in [9.17, 15) is 10.1 Å². The highest BCUT2D eigenvalue weighted by Gasteiger charge is 2.18. The number of amides is 1. The Labute approximate surface area is 251 Å². The third-order valence-corrected chi connectivity index (χ3v) is 6.57. The summed E-state index contributed by atoms with van der Waals surface area (Å²) >= 11 is 0. The van der Waals surface area contributed by atoms with Crippen LogP contribution in [0.15, 0.2) is 72.9 Å². The van der Waals surface area contributed by atoms with Crippen molar-refractivity contribution in [3.8, 4) is 23.3 Å². The number of carbonyl (C=O) groups is 1. The molecule has 43 heavy (non-hydrogen) atoms. The summed E-state index contributed by atoms with van der Waals surface area (Å²) in [4.78, 5) is 19.1. The maximum absolute atomic E-state index is 12.4. The molecule has 1 fully saturated rings. The zero-order valence-corrected chi connectivity index (χ0v) is 24.6. The van der Waals surface area contributed by atoms with E-state index >= 15 is 0 Å². The quantitative estimate of drug-likeness (QED) is 0.223. The summed E-state index contributed by atoms with van der Waals surface area (Å²) in [7, 11) is 0. The summed E-state index contributed by atoms with van der Waals surface area (Å²) in [5.74, 6) is 2.33. The van der Waals surface area contributed by atoms with Crippen LogP contribution in [-0.2, 0) is 9.47 Å². The van der Waals surface area contributed by atoms with Crippen LogP contribution in [0.1, 0.15) is 26.3 Å². The second kappa shape index (κ2) is 13.4. The minimum atomic E-state index is -0.608. The maximum atomic E-state index is 12.4. The Hall–Kier alpha value is -4.85. The first kappa shape index (κ1) is 29.6. The molecule has 0 aliphatic carbocycles. The molecule has 2 N–H and O–H groups in total. The number of nitriles is 1. The predicted octanol–water partition coefficient (Wildman–Crippen LogP) is 6.70. The van der Waals surface area contributed by atoms with Crippen molar-refractivity contribution in [1.29, 1.82) is 5.26 Å². The van der Waals surface area contributed by atoms with Crippen LogP contribution in [0.5, 0.6) is 17.2 Å². The molecule has 2 heterocycles. The summed E-state index contributed by atoms with van der Waals surface area (Å²) in [6.45, 7) is 10.0. The van der Waals surface area contributed by atoms with Crippen LogP contribution in [0.4, 0.5) is 22.0 Å². The van der Waals surface area contributed by atoms with Crippen molar-refractivity contribution in [3.05, 3.63) is 78.5 Å². The fraction of sp³-hybridized carbons (Fsp3) is 0.303. The van der Waals surface area contributed by atoms with E-state index in [0.717, 1.165) is 43.6 Å². The Morgan fingerprint density at radius 1 is 1.02 bits per heavy atom. The fourth-order valence-corrected chi connectivity index (χ4v) is 4.64. The van der Waals surface area contributed by atoms with Gasteiger partial charge in [0.2, 0.25) is 0 Å². The second-order valence-corrected chi connectivity index (χ2v) is 11.0. The second-order valence-electron chi connectivity index (χ2n) is 11.0. The van der Waals surface area contributed by atoms with Gasteiger partial charge in [-0.05, 0) is 51.1 Å². The van der Waals surface area contributed by atoms with E-state index in [1.165, 1.54) is 0 Å². The van der Waals surface area contributed by atoms with Crippen molar-refractivity contribution in [2.75, 3.05) is 50.1 Å². The molecular formula is C33H35N5O5. The smallest absolute Gasteiger partial charge is 0.412 e. The third-order valence-electron chi connectivity index (χ3n) is 6.57. The number of hydrogen-bond donors (Lipinski definition) is 2. The van der Waals surface area contributed by atoms with E-state index in [2.05, 4.69) is 26.6 Å². The summed E-state index contributed by atoms with van der Waals surface area (Å²) < 4.78 is 23.1. The lowest BCUT2D eigenvalue weighted by atomic mass is 10.1. The minimum Gasteiger partial charge on any atom is -0.492 e. The van der Waals surface area contributed by atoms with Gasteiger partial charge in [-0.15, -0.1) is 0 Å². The first-order valence-electron chi connectivity index (χ1n) is 14.2. The number of aromatic nitrogens is 1. The SMILES string of the molecule is CC(C)(C)OC(=O)Nc1ccc(Oc2ccnc(Nc3cc(C#N)cc(OCCN4CCOCC4)c3)c2)c2ccccc12. The molecule has 1 saturated heterocycles. The van der Waals surface area contributed by atoms with Gasteiger partial charge >= 0.3 is 6.09 Å². The molecule has 1 aromatic heterocycles. The van der Waals surface area contributed by atoms with Crippen molar-refractivity contribution < 1.29 is 23.7 Å². The predicted molar refractivity (Wildman–Crippen MR) is 165 cm³/mol. The van der Waals surface area contributed by atoms with Gasteiger partial charge in [0.15, 0.2) is 0 Å². The number of pyridine rings is 1. The van der Waals surface area contributed by atoms with Crippen molar-refractivity contribution in [3.63, 3.8) is 0 Å². The molecule has 4 aromatic rings. The Bertz CT molecular complexity index is 1620. The van der Waals surface area contributed by atoms with Crippen LogP contribution in [0, 0.1) is 11.3 Å². The summed E-state index contributed by atoms with van der Waals surface area (Å²) in [5, 5.41) is 17.3. The van der Waals surface area contributed by atoms with Gasteiger partial charge in [-0.3, -0.25) is 10.2 Å². The number of ether oxygens (including phenoxy) is 4. The lowest BCUT2D eigenvalue weighted by Gasteiger charge is -2.26. The third kappa shape index (κ3) is 8.35. The Morgan fingerprint density at radius 2 is 1.81 bits per heavy atom. The standard InChI is InChI=1S/C33H35N5O5/c1-33(2,3)43-32(39)37-29-8-9-30(28-7-5-4-6-27(28)29)42-25-10-11-35-31(21-25)36-24-18-23(22-34)19-26(20-24)41-17-14-38-12-15-40-16-13-38/h4-11,18-21H,12-17H2,1-3H3,(H,35,36)(H,37,39). The number of anilines is 3. The van der Waals surface area contributed by atoms with Gasteiger partial charge in [-0.25, -0.2) is 9.78 Å². The largest absolute Gasteiger partial charge is 0.492 e.